The predicted molar refractivity (Wildman–Crippen MR) is 127 cm³/mol. The van der Waals surface area contributed by atoms with Gasteiger partial charge in [-0.15, -0.1) is 0 Å². The molecule has 6 nitrogen and oxygen atoms in total. The Morgan fingerprint density at radius 3 is 2.53 bits per heavy atom. The SMILES string of the molecule is CSCCC1NC2(C(=O)Nc3c2ccc(Cl)c3C)C2C(=O)N(C3CCCCCC3)C(=O)C12. The zero-order valence-corrected chi connectivity index (χ0v) is 20.2. The van der Waals surface area contributed by atoms with E-state index >= 15 is 0 Å². The van der Waals surface area contributed by atoms with E-state index in [1.54, 1.807) is 22.7 Å². The van der Waals surface area contributed by atoms with Crippen molar-refractivity contribution in [2.45, 2.75) is 69.5 Å². The summed E-state index contributed by atoms with van der Waals surface area (Å²) in [4.78, 5) is 42.8. The van der Waals surface area contributed by atoms with Gasteiger partial charge in [0.1, 0.15) is 5.54 Å². The van der Waals surface area contributed by atoms with Crippen molar-refractivity contribution in [2.24, 2.45) is 11.8 Å². The van der Waals surface area contributed by atoms with Crippen LogP contribution in [0.15, 0.2) is 12.1 Å². The highest BCUT2D eigenvalue weighted by Crippen LogP contribution is 2.55. The fraction of sp³-hybridized carbons (Fsp3) is 0.625. The lowest BCUT2D eigenvalue weighted by atomic mass is 9.76. The van der Waals surface area contributed by atoms with Gasteiger partial charge in [0.25, 0.3) is 0 Å². The lowest BCUT2D eigenvalue weighted by Gasteiger charge is -2.32. The average Bonchev–Trinajstić information content (AvgIpc) is 3.24. The van der Waals surface area contributed by atoms with Crippen LogP contribution >= 0.6 is 23.4 Å². The van der Waals surface area contributed by atoms with E-state index in [9.17, 15) is 14.4 Å². The summed E-state index contributed by atoms with van der Waals surface area (Å²) in [5.41, 5.74) is 0.991. The third kappa shape index (κ3) is 3.07. The van der Waals surface area contributed by atoms with Crippen molar-refractivity contribution in [1.29, 1.82) is 0 Å². The number of rotatable bonds is 4. The molecule has 3 heterocycles. The first-order chi connectivity index (χ1) is 15.4. The highest BCUT2D eigenvalue weighted by atomic mass is 35.5. The Morgan fingerprint density at radius 1 is 1.12 bits per heavy atom. The normalized spacial score (nSPS) is 32.4. The zero-order chi connectivity index (χ0) is 22.6. The van der Waals surface area contributed by atoms with Gasteiger partial charge in [-0.05, 0) is 49.8 Å². The number of halogens is 1. The summed E-state index contributed by atoms with van der Waals surface area (Å²) in [6.07, 6.45) is 8.87. The average molecular weight is 476 g/mol. The fourth-order valence-corrected chi connectivity index (χ4v) is 7.03. The Morgan fingerprint density at radius 2 is 1.84 bits per heavy atom. The number of nitrogens with zero attached hydrogens (tertiary/aromatic N) is 1. The second-order valence-electron chi connectivity index (χ2n) is 9.58. The molecule has 1 aromatic carbocycles. The lowest BCUT2D eigenvalue weighted by Crippen LogP contribution is -2.54. The number of carbonyl (C=O) groups is 3. The maximum atomic E-state index is 14.0. The van der Waals surface area contributed by atoms with Gasteiger partial charge in [0.2, 0.25) is 17.7 Å². The molecular formula is C24H30ClN3O3S. The van der Waals surface area contributed by atoms with Gasteiger partial charge >= 0.3 is 0 Å². The molecule has 0 bridgehead atoms. The summed E-state index contributed by atoms with van der Waals surface area (Å²) >= 11 is 8.04. The second-order valence-corrected chi connectivity index (χ2v) is 11.0. The Bertz CT molecular complexity index is 977. The molecule has 0 aromatic heterocycles. The largest absolute Gasteiger partial charge is 0.324 e. The minimum absolute atomic E-state index is 0.0442. The first kappa shape index (κ1) is 22.2. The molecule has 3 amide bonds. The molecular weight excluding hydrogens is 446 g/mol. The first-order valence-electron chi connectivity index (χ1n) is 11.7. The van der Waals surface area contributed by atoms with Gasteiger partial charge in [0.05, 0.1) is 17.5 Å². The number of imide groups is 1. The number of thioether (sulfide) groups is 1. The molecule has 3 fully saturated rings. The van der Waals surface area contributed by atoms with E-state index in [1.165, 1.54) is 0 Å². The number of hydrogen-bond donors (Lipinski definition) is 2. The van der Waals surface area contributed by atoms with Crippen LogP contribution in [-0.2, 0) is 19.9 Å². The quantitative estimate of drug-likeness (QED) is 0.511. The van der Waals surface area contributed by atoms with E-state index in [0.717, 1.165) is 61.8 Å². The van der Waals surface area contributed by atoms with Gasteiger partial charge in [-0.1, -0.05) is 43.4 Å². The van der Waals surface area contributed by atoms with Crippen molar-refractivity contribution in [2.75, 3.05) is 17.3 Å². The van der Waals surface area contributed by atoms with Crippen molar-refractivity contribution >= 4 is 46.8 Å². The minimum atomic E-state index is -1.22. The summed E-state index contributed by atoms with van der Waals surface area (Å²) in [6, 6.07) is 3.37. The molecule has 1 aliphatic carbocycles. The minimum Gasteiger partial charge on any atom is -0.324 e. The molecule has 1 aromatic rings. The van der Waals surface area contributed by atoms with E-state index in [4.69, 9.17) is 11.6 Å². The van der Waals surface area contributed by atoms with E-state index in [-0.39, 0.29) is 29.8 Å². The smallest absolute Gasteiger partial charge is 0.250 e. The maximum Gasteiger partial charge on any atom is 0.250 e. The molecule has 3 aliphatic heterocycles. The van der Waals surface area contributed by atoms with Crippen LogP contribution in [0.25, 0.3) is 0 Å². The number of fused-ring (bicyclic) bond motifs is 4. The van der Waals surface area contributed by atoms with E-state index < -0.39 is 17.4 Å². The number of likely N-dealkylation sites (tertiary alicyclic amines) is 1. The van der Waals surface area contributed by atoms with Crippen LogP contribution in [0.2, 0.25) is 5.02 Å². The molecule has 1 spiro atoms. The van der Waals surface area contributed by atoms with Gasteiger partial charge in [-0.3, -0.25) is 24.6 Å². The molecule has 32 heavy (non-hydrogen) atoms. The van der Waals surface area contributed by atoms with Gasteiger partial charge in [-0.25, -0.2) is 0 Å². The van der Waals surface area contributed by atoms with Crippen LogP contribution in [0, 0.1) is 18.8 Å². The summed E-state index contributed by atoms with van der Waals surface area (Å²) in [5.74, 6) is -0.882. The third-order valence-corrected chi connectivity index (χ3v) is 8.99. The van der Waals surface area contributed by atoms with Crippen LogP contribution in [0.5, 0.6) is 0 Å². The molecule has 4 unspecified atom stereocenters. The molecule has 2 saturated heterocycles. The van der Waals surface area contributed by atoms with Gasteiger partial charge in [0, 0.05) is 22.7 Å². The van der Waals surface area contributed by atoms with E-state index in [1.807, 2.05) is 19.2 Å². The second kappa shape index (κ2) is 8.33. The number of amides is 3. The summed E-state index contributed by atoms with van der Waals surface area (Å²) in [5, 5.41) is 7.08. The van der Waals surface area contributed by atoms with E-state index in [2.05, 4.69) is 10.6 Å². The molecule has 4 atom stereocenters. The van der Waals surface area contributed by atoms with Gasteiger partial charge < -0.3 is 5.32 Å². The Kier molecular flexibility index (Phi) is 5.79. The van der Waals surface area contributed by atoms with Crippen molar-refractivity contribution in [1.82, 2.24) is 10.2 Å². The van der Waals surface area contributed by atoms with Crippen molar-refractivity contribution in [3.05, 3.63) is 28.3 Å². The third-order valence-electron chi connectivity index (χ3n) is 7.94. The van der Waals surface area contributed by atoms with Crippen LogP contribution in [0.3, 0.4) is 0 Å². The van der Waals surface area contributed by atoms with Gasteiger partial charge in [0.15, 0.2) is 0 Å². The number of benzene rings is 1. The van der Waals surface area contributed by atoms with Crippen molar-refractivity contribution in [3.8, 4) is 0 Å². The molecule has 2 N–H and O–H groups in total. The molecule has 8 heteroatoms. The number of nitrogens with one attached hydrogen (secondary N) is 2. The maximum absolute atomic E-state index is 14.0. The van der Waals surface area contributed by atoms with Crippen molar-refractivity contribution in [3.63, 3.8) is 0 Å². The Hall–Kier alpha value is -1.57. The predicted octanol–water partition coefficient (Wildman–Crippen LogP) is 3.84. The van der Waals surface area contributed by atoms with Crippen molar-refractivity contribution < 1.29 is 14.4 Å². The molecule has 4 aliphatic rings. The zero-order valence-electron chi connectivity index (χ0n) is 18.6. The van der Waals surface area contributed by atoms with Crippen LogP contribution in [-0.4, -0.2) is 46.7 Å². The lowest BCUT2D eigenvalue weighted by molar-refractivity contribution is -0.145. The van der Waals surface area contributed by atoms with E-state index in [0.29, 0.717) is 10.7 Å². The Balaban J connectivity index is 1.61. The topological polar surface area (TPSA) is 78.5 Å². The summed E-state index contributed by atoms with van der Waals surface area (Å²) in [6.45, 7) is 1.87. The monoisotopic (exact) mass is 475 g/mol. The van der Waals surface area contributed by atoms with Crippen LogP contribution in [0.4, 0.5) is 5.69 Å². The van der Waals surface area contributed by atoms with Crippen LogP contribution in [0.1, 0.15) is 56.1 Å². The standard InChI is InChI=1S/C24H30ClN3O3S/c1-13-16(25)10-9-15-20(13)26-23(31)24(15)19-18(17(27-24)11-12-32-2)21(29)28(22(19)30)14-7-5-3-4-6-8-14/h9-10,14,17-19,27H,3-8,11-12H2,1-2H3,(H,26,31). The first-order valence-corrected chi connectivity index (χ1v) is 13.4. The van der Waals surface area contributed by atoms with Gasteiger partial charge in [-0.2, -0.15) is 11.8 Å². The van der Waals surface area contributed by atoms with Crippen LogP contribution < -0.4 is 10.6 Å². The molecule has 172 valence electrons. The highest BCUT2D eigenvalue weighted by molar-refractivity contribution is 7.98. The number of hydrogen-bond acceptors (Lipinski definition) is 5. The number of anilines is 1. The molecule has 0 radical (unpaired) electrons. The molecule has 5 rings (SSSR count). The highest BCUT2D eigenvalue weighted by Gasteiger charge is 2.70. The number of carbonyl (C=O) groups excluding carboxylic acids is 3. The Labute approximate surface area is 198 Å². The molecule has 1 saturated carbocycles. The summed E-state index contributed by atoms with van der Waals surface area (Å²) < 4.78 is 0. The fourth-order valence-electron chi connectivity index (χ4n) is 6.38. The summed E-state index contributed by atoms with van der Waals surface area (Å²) in [7, 11) is 0.